The highest BCUT2D eigenvalue weighted by atomic mass is 16.3. The highest BCUT2D eigenvalue weighted by molar-refractivity contribution is 5.01. The molecule has 0 heterocycles. The average molecular weight is 253 g/mol. The summed E-state index contributed by atoms with van der Waals surface area (Å²) in [5.41, 5.74) is 0.0870. The van der Waals surface area contributed by atoms with Gasteiger partial charge in [-0.1, -0.05) is 39.0 Å². The third-order valence-electron chi connectivity index (χ3n) is 5.83. The van der Waals surface area contributed by atoms with Crippen molar-refractivity contribution in [2.24, 2.45) is 11.8 Å². The predicted octanol–water partition coefficient (Wildman–Crippen LogP) is 3.44. The second-order valence-electron chi connectivity index (χ2n) is 6.84. The zero-order valence-corrected chi connectivity index (χ0v) is 12.5. The van der Waals surface area contributed by atoms with Crippen LogP contribution in [0, 0.1) is 11.8 Å². The maximum absolute atomic E-state index is 10.9. The summed E-state index contributed by atoms with van der Waals surface area (Å²) in [6, 6.07) is 0. The minimum Gasteiger partial charge on any atom is -0.391 e. The first-order valence-corrected chi connectivity index (χ1v) is 7.95. The average Bonchev–Trinajstić information content (AvgIpc) is 2.88. The first-order valence-electron chi connectivity index (χ1n) is 7.95. The fourth-order valence-corrected chi connectivity index (χ4v) is 4.35. The summed E-state index contributed by atoms with van der Waals surface area (Å²) in [6.07, 6.45) is 11.3. The highest BCUT2D eigenvalue weighted by Crippen LogP contribution is 2.43. The molecule has 0 radical (unpaired) electrons. The highest BCUT2D eigenvalue weighted by Gasteiger charge is 2.46. The molecule has 0 aliphatic heterocycles. The van der Waals surface area contributed by atoms with Crippen LogP contribution in [0.25, 0.3) is 0 Å². The molecule has 0 amide bonds. The molecule has 2 fully saturated rings. The van der Waals surface area contributed by atoms with E-state index in [1.165, 1.54) is 57.8 Å². The van der Waals surface area contributed by atoms with Crippen LogP contribution in [0.4, 0.5) is 0 Å². The number of hydrogen-bond acceptors (Lipinski definition) is 2. The molecule has 0 spiro atoms. The van der Waals surface area contributed by atoms with Crippen LogP contribution >= 0.6 is 0 Å². The van der Waals surface area contributed by atoms with Crippen molar-refractivity contribution in [2.75, 3.05) is 14.1 Å². The van der Waals surface area contributed by atoms with Gasteiger partial charge in [-0.2, -0.15) is 0 Å². The molecule has 18 heavy (non-hydrogen) atoms. The van der Waals surface area contributed by atoms with Gasteiger partial charge in [0.05, 0.1) is 6.10 Å². The quantitative estimate of drug-likeness (QED) is 0.829. The van der Waals surface area contributed by atoms with Gasteiger partial charge in [-0.3, -0.25) is 0 Å². The van der Waals surface area contributed by atoms with Crippen molar-refractivity contribution in [3.05, 3.63) is 0 Å². The lowest BCUT2D eigenvalue weighted by Gasteiger charge is -2.45. The topological polar surface area (TPSA) is 23.5 Å². The smallest absolute Gasteiger partial charge is 0.0751 e. The van der Waals surface area contributed by atoms with E-state index in [0.29, 0.717) is 5.92 Å². The van der Waals surface area contributed by atoms with E-state index in [-0.39, 0.29) is 11.6 Å². The van der Waals surface area contributed by atoms with E-state index in [2.05, 4.69) is 25.9 Å². The van der Waals surface area contributed by atoms with Crippen molar-refractivity contribution in [2.45, 2.75) is 76.4 Å². The van der Waals surface area contributed by atoms with Crippen molar-refractivity contribution >= 4 is 0 Å². The fourth-order valence-electron chi connectivity index (χ4n) is 4.35. The maximum atomic E-state index is 10.9. The van der Waals surface area contributed by atoms with Gasteiger partial charge in [0.2, 0.25) is 0 Å². The van der Waals surface area contributed by atoms with Crippen LogP contribution in [-0.4, -0.2) is 35.7 Å². The first kappa shape index (κ1) is 14.3. The molecule has 0 saturated heterocycles. The van der Waals surface area contributed by atoms with Crippen molar-refractivity contribution in [1.29, 1.82) is 0 Å². The second kappa shape index (κ2) is 5.92. The van der Waals surface area contributed by atoms with Gasteiger partial charge in [0, 0.05) is 5.54 Å². The molecular weight excluding hydrogens is 222 g/mol. The summed E-state index contributed by atoms with van der Waals surface area (Å²) < 4.78 is 0. The molecule has 1 atom stereocenters. The summed E-state index contributed by atoms with van der Waals surface area (Å²) in [5, 5.41) is 10.9. The van der Waals surface area contributed by atoms with Crippen LogP contribution in [0.1, 0.15) is 64.7 Å². The van der Waals surface area contributed by atoms with Crippen molar-refractivity contribution in [3.8, 4) is 0 Å². The summed E-state index contributed by atoms with van der Waals surface area (Å²) >= 11 is 0. The van der Waals surface area contributed by atoms with E-state index in [1.54, 1.807) is 0 Å². The molecule has 106 valence electrons. The van der Waals surface area contributed by atoms with Crippen molar-refractivity contribution in [1.82, 2.24) is 4.90 Å². The number of likely N-dealkylation sites (N-methyl/N-ethyl adjacent to an activating group) is 1. The number of aliphatic hydroxyl groups excluding tert-OH is 1. The van der Waals surface area contributed by atoms with E-state index >= 15 is 0 Å². The number of rotatable bonds is 4. The molecule has 2 heteroatoms. The van der Waals surface area contributed by atoms with E-state index < -0.39 is 0 Å². The molecule has 2 aliphatic rings. The number of nitrogens with zero attached hydrogens (tertiary/aromatic N) is 1. The Balaban J connectivity index is 1.99. The molecule has 1 unspecified atom stereocenters. The maximum Gasteiger partial charge on any atom is 0.0751 e. The van der Waals surface area contributed by atoms with Crippen LogP contribution < -0.4 is 0 Å². The minimum atomic E-state index is -0.104. The number of hydrogen-bond donors (Lipinski definition) is 1. The first-order chi connectivity index (χ1) is 8.60. The van der Waals surface area contributed by atoms with Crippen molar-refractivity contribution in [3.63, 3.8) is 0 Å². The Bertz CT molecular complexity index is 250. The van der Waals surface area contributed by atoms with E-state index in [4.69, 9.17) is 0 Å². The Hall–Kier alpha value is -0.0800. The lowest BCUT2D eigenvalue weighted by molar-refractivity contribution is -0.0510. The Labute approximate surface area is 113 Å². The van der Waals surface area contributed by atoms with Gasteiger partial charge in [-0.05, 0) is 51.6 Å². The van der Waals surface area contributed by atoms with Gasteiger partial charge >= 0.3 is 0 Å². The van der Waals surface area contributed by atoms with E-state index in [0.717, 1.165) is 5.92 Å². The number of aliphatic hydroxyl groups is 1. The van der Waals surface area contributed by atoms with E-state index in [9.17, 15) is 5.11 Å². The monoisotopic (exact) mass is 253 g/mol. The van der Waals surface area contributed by atoms with Crippen LogP contribution in [0.15, 0.2) is 0 Å². The largest absolute Gasteiger partial charge is 0.391 e. The minimum absolute atomic E-state index is 0.0870. The Morgan fingerprint density at radius 2 is 1.67 bits per heavy atom. The molecule has 0 aromatic heterocycles. The molecule has 0 bridgehead atoms. The summed E-state index contributed by atoms with van der Waals surface area (Å²) in [6.45, 7) is 2.31. The second-order valence-corrected chi connectivity index (χ2v) is 6.84. The van der Waals surface area contributed by atoms with Gasteiger partial charge in [0.25, 0.3) is 0 Å². The normalized spacial score (nSPS) is 33.8. The van der Waals surface area contributed by atoms with Crippen LogP contribution in [-0.2, 0) is 0 Å². The van der Waals surface area contributed by atoms with Gasteiger partial charge < -0.3 is 10.0 Å². The molecule has 0 aromatic rings. The summed E-state index contributed by atoms with van der Waals surface area (Å²) in [7, 11) is 4.32. The third kappa shape index (κ3) is 2.60. The van der Waals surface area contributed by atoms with Gasteiger partial charge in [0.1, 0.15) is 0 Å². The summed E-state index contributed by atoms with van der Waals surface area (Å²) in [4.78, 5) is 2.32. The summed E-state index contributed by atoms with van der Waals surface area (Å²) in [5.74, 6) is 1.47. The zero-order valence-electron chi connectivity index (χ0n) is 12.5. The van der Waals surface area contributed by atoms with E-state index in [1.807, 2.05) is 0 Å². The Morgan fingerprint density at radius 3 is 2.11 bits per heavy atom. The molecule has 2 aliphatic carbocycles. The third-order valence-corrected chi connectivity index (χ3v) is 5.83. The Kier molecular flexibility index (Phi) is 4.71. The lowest BCUT2D eigenvalue weighted by atomic mass is 9.72. The Morgan fingerprint density at radius 1 is 1.11 bits per heavy atom. The van der Waals surface area contributed by atoms with Gasteiger partial charge in [-0.25, -0.2) is 0 Å². The SMILES string of the molecule is CCC1CCC(C(O)C2(N(C)C)CCCC2)CC1. The van der Waals surface area contributed by atoms with Crippen molar-refractivity contribution < 1.29 is 5.11 Å². The van der Waals surface area contributed by atoms with Gasteiger partial charge in [-0.15, -0.1) is 0 Å². The standard InChI is InChI=1S/C16H31NO/c1-4-13-7-9-14(10-8-13)15(18)16(17(2)3)11-5-6-12-16/h13-15,18H,4-12H2,1-3H3. The molecule has 1 N–H and O–H groups in total. The van der Waals surface area contributed by atoms with Gasteiger partial charge in [0.15, 0.2) is 0 Å². The fraction of sp³-hybridized carbons (Fsp3) is 1.00. The zero-order chi connectivity index (χ0) is 13.2. The molecule has 0 aromatic carbocycles. The molecule has 2 rings (SSSR count). The van der Waals surface area contributed by atoms with Crippen LogP contribution in [0.3, 0.4) is 0 Å². The van der Waals surface area contributed by atoms with Crippen LogP contribution in [0.5, 0.6) is 0 Å². The molecule has 2 nitrogen and oxygen atoms in total. The van der Waals surface area contributed by atoms with Crippen LogP contribution in [0.2, 0.25) is 0 Å². The lowest BCUT2D eigenvalue weighted by Crippen LogP contribution is -2.54. The molecular formula is C16H31NO. The predicted molar refractivity (Wildman–Crippen MR) is 76.6 cm³/mol. The molecule has 2 saturated carbocycles.